The maximum atomic E-state index is 11.8. The third kappa shape index (κ3) is 3.79. The van der Waals surface area contributed by atoms with E-state index in [9.17, 15) is 9.59 Å². The molecule has 2 rings (SSSR count). The molecule has 1 aliphatic heterocycles. The quantitative estimate of drug-likeness (QED) is 0.833. The van der Waals surface area contributed by atoms with E-state index in [4.69, 9.17) is 5.73 Å². The van der Waals surface area contributed by atoms with Crippen LogP contribution in [0.4, 0.5) is 5.69 Å². The van der Waals surface area contributed by atoms with Gasteiger partial charge in [-0.25, -0.2) is 0 Å². The standard InChI is InChI=1S/C14H19N3O2/c15-10-11-3-1-4-12(9-11)16-13(18)6-8-17-7-2-5-14(17)19/h1,3-4,9H,2,5-8,10,15H2,(H,16,18). The van der Waals surface area contributed by atoms with Crippen molar-refractivity contribution in [1.29, 1.82) is 0 Å². The van der Waals surface area contributed by atoms with Crippen molar-refractivity contribution in [2.24, 2.45) is 5.73 Å². The van der Waals surface area contributed by atoms with Crippen molar-refractivity contribution >= 4 is 17.5 Å². The topological polar surface area (TPSA) is 75.4 Å². The van der Waals surface area contributed by atoms with Crippen molar-refractivity contribution in [2.45, 2.75) is 25.8 Å². The van der Waals surface area contributed by atoms with E-state index in [2.05, 4.69) is 5.32 Å². The average Bonchev–Trinajstić information content (AvgIpc) is 2.82. The Bertz CT molecular complexity index is 474. The largest absolute Gasteiger partial charge is 0.342 e. The second kappa shape index (κ2) is 6.33. The van der Waals surface area contributed by atoms with Gasteiger partial charge in [-0.3, -0.25) is 9.59 Å². The molecule has 1 heterocycles. The molecule has 1 saturated heterocycles. The van der Waals surface area contributed by atoms with Gasteiger partial charge in [0.05, 0.1) is 0 Å². The molecule has 5 nitrogen and oxygen atoms in total. The molecular formula is C14H19N3O2. The van der Waals surface area contributed by atoms with E-state index in [-0.39, 0.29) is 11.8 Å². The van der Waals surface area contributed by atoms with Gasteiger partial charge >= 0.3 is 0 Å². The van der Waals surface area contributed by atoms with E-state index in [0.29, 0.717) is 25.9 Å². The molecule has 0 aliphatic carbocycles. The Kier molecular flexibility index (Phi) is 4.52. The van der Waals surface area contributed by atoms with Crippen molar-refractivity contribution < 1.29 is 9.59 Å². The molecule has 0 bridgehead atoms. The van der Waals surface area contributed by atoms with Crippen molar-refractivity contribution in [1.82, 2.24) is 4.90 Å². The highest BCUT2D eigenvalue weighted by molar-refractivity contribution is 5.91. The fourth-order valence-electron chi connectivity index (χ4n) is 2.18. The summed E-state index contributed by atoms with van der Waals surface area (Å²) in [5, 5.41) is 2.82. The first kappa shape index (κ1) is 13.5. The number of hydrogen-bond acceptors (Lipinski definition) is 3. The molecule has 0 unspecified atom stereocenters. The maximum absolute atomic E-state index is 11.8. The first-order valence-electron chi connectivity index (χ1n) is 6.55. The molecule has 3 N–H and O–H groups in total. The lowest BCUT2D eigenvalue weighted by Gasteiger charge is -2.15. The monoisotopic (exact) mass is 261 g/mol. The summed E-state index contributed by atoms with van der Waals surface area (Å²) in [6.07, 6.45) is 1.84. The number of carbonyl (C=O) groups is 2. The highest BCUT2D eigenvalue weighted by atomic mass is 16.2. The number of hydrogen-bond donors (Lipinski definition) is 2. The molecule has 0 spiro atoms. The van der Waals surface area contributed by atoms with E-state index in [1.165, 1.54) is 0 Å². The van der Waals surface area contributed by atoms with Gasteiger partial charge in [0.2, 0.25) is 11.8 Å². The van der Waals surface area contributed by atoms with Gasteiger partial charge in [0.25, 0.3) is 0 Å². The number of nitrogens with zero attached hydrogens (tertiary/aromatic N) is 1. The predicted octanol–water partition coefficient (Wildman–Crippen LogP) is 1.10. The first-order valence-corrected chi connectivity index (χ1v) is 6.55. The van der Waals surface area contributed by atoms with E-state index in [1.807, 2.05) is 24.3 Å². The minimum atomic E-state index is -0.0751. The van der Waals surface area contributed by atoms with Gasteiger partial charge < -0.3 is 16.0 Å². The van der Waals surface area contributed by atoms with E-state index in [1.54, 1.807) is 4.90 Å². The molecule has 1 aromatic rings. The number of amides is 2. The van der Waals surface area contributed by atoms with Crippen LogP contribution >= 0.6 is 0 Å². The molecule has 5 heteroatoms. The number of anilines is 1. The van der Waals surface area contributed by atoms with Crippen LogP contribution in [0.3, 0.4) is 0 Å². The number of benzene rings is 1. The summed E-state index contributed by atoms with van der Waals surface area (Å²) in [6, 6.07) is 7.47. The fourth-order valence-corrected chi connectivity index (χ4v) is 2.18. The zero-order valence-corrected chi connectivity index (χ0v) is 10.9. The van der Waals surface area contributed by atoms with E-state index < -0.39 is 0 Å². The highest BCUT2D eigenvalue weighted by Gasteiger charge is 2.20. The number of carbonyl (C=O) groups excluding carboxylic acids is 2. The third-order valence-electron chi connectivity index (χ3n) is 3.23. The zero-order chi connectivity index (χ0) is 13.7. The molecule has 0 aromatic heterocycles. The van der Waals surface area contributed by atoms with Crippen LogP contribution in [-0.2, 0) is 16.1 Å². The molecule has 0 saturated carbocycles. The first-order chi connectivity index (χ1) is 9.19. The molecule has 1 aliphatic rings. The van der Waals surface area contributed by atoms with Crippen molar-refractivity contribution in [3.63, 3.8) is 0 Å². The van der Waals surface area contributed by atoms with Gasteiger partial charge in [-0.15, -0.1) is 0 Å². The number of rotatable bonds is 5. The lowest BCUT2D eigenvalue weighted by molar-refractivity contribution is -0.128. The van der Waals surface area contributed by atoms with Crippen LogP contribution < -0.4 is 11.1 Å². The molecule has 2 amide bonds. The summed E-state index contributed by atoms with van der Waals surface area (Å²) in [5.41, 5.74) is 7.28. The zero-order valence-electron chi connectivity index (χ0n) is 10.9. The van der Waals surface area contributed by atoms with Crippen LogP contribution in [-0.4, -0.2) is 29.8 Å². The smallest absolute Gasteiger partial charge is 0.226 e. The number of nitrogens with two attached hydrogens (primary N) is 1. The summed E-state index contributed by atoms with van der Waals surface area (Å²) < 4.78 is 0. The van der Waals surface area contributed by atoms with Crippen molar-refractivity contribution in [3.8, 4) is 0 Å². The summed E-state index contributed by atoms with van der Waals surface area (Å²) in [4.78, 5) is 25.0. The molecule has 102 valence electrons. The second-order valence-electron chi connectivity index (χ2n) is 4.69. The Hall–Kier alpha value is -1.88. The van der Waals surface area contributed by atoms with Crippen LogP contribution in [0.1, 0.15) is 24.8 Å². The molecule has 1 fully saturated rings. The second-order valence-corrected chi connectivity index (χ2v) is 4.69. The molecule has 0 radical (unpaired) electrons. The Morgan fingerprint density at radius 1 is 1.42 bits per heavy atom. The van der Waals surface area contributed by atoms with Crippen molar-refractivity contribution in [2.75, 3.05) is 18.4 Å². The molecule has 19 heavy (non-hydrogen) atoms. The van der Waals surface area contributed by atoms with Crippen LogP contribution in [0.15, 0.2) is 24.3 Å². The van der Waals surface area contributed by atoms with E-state index >= 15 is 0 Å². The molecule has 0 atom stereocenters. The maximum Gasteiger partial charge on any atom is 0.226 e. The minimum Gasteiger partial charge on any atom is -0.342 e. The third-order valence-corrected chi connectivity index (χ3v) is 3.23. The van der Waals surface area contributed by atoms with Gasteiger partial charge in [-0.05, 0) is 24.1 Å². The van der Waals surface area contributed by atoms with Gasteiger partial charge in [0.1, 0.15) is 0 Å². The summed E-state index contributed by atoms with van der Waals surface area (Å²) >= 11 is 0. The summed E-state index contributed by atoms with van der Waals surface area (Å²) in [5.74, 6) is 0.0757. The lowest BCUT2D eigenvalue weighted by Crippen LogP contribution is -2.28. The normalized spacial score (nSPS) is 14.8. The van der Waals surface area contributed by atoms with Gasteiger partial charge in [0, 0.05) is 38.2 Å². The number of nitrogens with one attached hydrogen (secondary N) is 1. The van der Waals surface area contributed by atoms with Crippen LogP contribution in [0.2, 0.25) is 0 Å². The highest BCUT2D eigenvalue weighted by Crippen LogP contribution is 2.12. The van der Waals surface area contributed by atoms with Crippen LogP contribution in [0, 0.1) is 0 Å². The Labute approximate surface area is 112 Å². The van der Waals surface area contributed by atoms with Crippen molar-refractivity contribution in [3.05, 3.63) is 29.8 Å². The van der Waals surface area contributed by atoms with Gasteiger partial charge in [-0.1, -0.05) is 12.1 Å². The minimum absolute atomic E-state index is 0.0751. The van der Waals surface area contributed by atoms with Crippen LogP contribution in [0.25, 0.3) is 0 Å². The lowest BCUT2D eigenvalue weighted by atomic mass is 10.2. The van der Waals surface area contributed by atoms with E-state index in [0.717, 1.165) is 24.2 Å². The fraction of sp³-hybridized carbons (Fsp3) is 0.429. The predicted molar refractivity (Wildman–Crippen MR) is 73.4 cm³/mol. The molecule has 1 aromatic carbocycles. The summed E-state index contributed by atoms with van der Waals surface area (Å²) in [6.45, 7) is 1.72. The number of likely N-dealkylation sites (tertiary alicyclic amines) is 1. The Morgan fingerprint density at radius 2 is 2.26 bits per heavy atom. The SMILES string of the molecule is NCc1cccc(NC(=O)CCN2CCCC2=O)c1. The Morgan fingerprint density at radius 3 is 2.95 bits per heavy atom. The van der Waals surface area contributed by atoms with Crippen LogP contribution in [0.5, 0.6) is 0 Å². The van der Waals surface area contributed by atoms with Gasteiger partial charge in [-0.2, -0.15) is 0 Å². The Balaban J connectivity index is 1.82. The van der Waals surface area contributed by atoms with Gasteiger partial charge in [0.15, 0.2) is 0 Å². The average molecular weight is 261 g/mol. The summed E-state index contributed by atoms with van der Waals surface area (Å²) in [7, 11) is 0. The molecular weight excluding hydrogens is 242 g/mol.